The summed E-state index contributed by atoms with van der Waals surface area (Å²) < 4.78 is 20.7. The zero-order valence-electron chi connectivity index (χ0n) is 17.3. The van der Waals surface area contributed by atoms with E-state index in [1.807, 2.05) is 10.8 Å². The van der Waals surface area contributed by atoms with Crippen LogP contribution in [0, 0.1) is 5.82 Å². The molecule has 1 unspecified atom stereocenters. The van der Waals surface area contributed by atoms with E-state index in [9.17, 15) is 14.3 Å². The van der Waals surface area contributed by atoms with Gasteiger partial charge in [-0.1, -0.05) is 38.1 Å². The highest BCUT2D eigenvalue weighted by Crippen LogP contribution is 2.21. The molecular weight excluding hydrogens is 383 g/mol. The Morgan fingerprint density at radius 3 is 2.63 bits per heavy atom. The van der Waals surface area contributed by atoms with Gasteiger partial charge < -0.3 is 14.4 Å². The lowest BCUT2D eigenvalue weighted by atomic mass is 10.0. The number of nitrogens with zero attached hydrogens (tertiary/aromatic N) is 2. The van der Waals surface area contributed by atoms with Gasteiger partial charge in [0.25, 0.3) is 0 Å². The number of carbonyl (C=O) groups is 1. The van der Waals surface area contributed by atoms with Crippen LogP contribution in [0.5, 0.6) is 5.75 Å². The van der Waals surface area contributed by atoms with Gasteiger partial charge in [-0.25, -0.2) is 9.37 Å². The molecule has 0 aliphatic rings. The Hall–Kier alpha value is -2.99. The second kappa shape index (κ2) is 10.2. The first kappa shape index (κ1) is 21.7. The molecule has 0 fully saturated rings. The van der Waals surface area contributed by atoms with Gasteiger partial charge in [-0.2, -0.15) is 0 Å². The fourth-order valence-corrected chi connectivity index (χ4v) is 3.31. The fourth-order valence-electron chi connectivity index (χ4n) is 3.31. The summed E-state index contributed by atoms with van der Waals surface area (Å²) in [5.74, 6) is 1.27. The maximum atomic E-state index is 13.0. The van der Waals surface area contributed by atoms with Crippen molar-refractivity contribution < 1.29 is 19.0 Å². The number of ether oxygens (including phenoxy) is 1. The largest absolute Gasteiger partial charge is 0.490 e. The van der Waals surface area contributed by atoms with Crippen molar-refractivity contribution in [1.82, 2.24) is 9.55 Å². The molecular formula is C24H27FN2O3. The Balaban J connectivity index is 1.58. The number of hydrogen-bond donors (Lipinski definition) is 1. The van der Waals surface area contributed by atoms with Crippen LogP contribution >= 0.6 is 0 Å². The predicted molar refractivity (Wildman–Crippen MR) is 113 cm³/mol. The number of carbonyl (C=O) groups excluding carboxylic acids is 1. The summed E-state index contributed by atoms with van der Waals surface area (Å²) >= 11 is 0. The second-order valence-electron chi connectivity index (χ2n) is 7.60. The van der Waals surface area contributed by atoms with Crippen molar-refractivity contribution in [3.8, 4) is 5.75 Å². The minimum Gasteiger partial charge on any atom is -0.490 e. The number of aromatic nitrogens is 2. The Labute approximate surface area is 176 Å². The average Bonchev–Trinajstić information content (AvgIpc) is 3.20. The molecule has 158 valence electrons. The highest BCUT2D eigenvalue weighted by atomic mass is 19.1. The Morgan fingerprint density at radius 2 is 1.90 bits per heavy atom. The molecule has 0 saturated heterocycles. The summed E-state index contributed by atoms with van der Waals surface area (Å²) in [7, 11) is 0. The molecule has 30 heavy (non-hydrogen) atoms. The summed E-state index contributed by atoms with van der Waals surface area (Å²) in [4.78, 5) is 17.0. The molecule has 5 nitrogen and oxygen atoms in total. The van der Waals surface area contributed by atoms with Crippen LogP contribution in [0.2, 0.25) is 0 Å². The number of aryl methyl sites for hydroxylation is 1. The van der Waals surface area contributed by atoms with E-state index in [-0.39, 0.29) is 24.1 Å². The van der Waals surface area contributed by atoms with E-state index in [2.05, 4.69) is 18.8 Å². The first-order chi connectivity index (χ1) is 14.4. The van der Waals surface area contributed by atoms with Crippen LogP contribution < -0.4 is 4.74 Å². The van der Waals surface area contributed by atoms with Crippen molar-refractivity contribution in [2.75, 3.05) is 6.61 Å². The van der Waals surface area contributed by atoms with Crippen LogP contribution in [0.1, 0.15) is 47.9 Å². The molecule has 6 heteroatoms. The summed E-state index contributed by atoms with van der Waals surface area (Å²) in [6, 6.07) is 13.2. The number of para-hydroxylation sites is 1. The number of hydrogen-bond acceptors (Lipinski definition) is 4. The average molecular weight is 410 g/mol. The topological polar surface area (TPSA) is 64.3 Å². The molecule has 1 heterocycles. The third kappa shape index (κ3) is 5.76. The fraction of sp³-hybridized carbons (Fsp3) is 0.333. The predicted octanol–water partition coefficient (Wildman–Crippen LogP) is 4.40. The van der Waals surface area contributed by atoms with E-state index >= 15 is 0 Å². The third-order valence-corrected chi connectivity index (χ3v) is 4.84. The standard InChI is InChI=1S/C24H27FN2O3/c1-17(2)24-26-13-14-27(24)15-20(28)16-30-23-6-4-3-5-21(23)22(29)12-9-18-7-10-19(25)11-8-18/h3-8,10-11,13-14,17,20,28H,9,12,15-16H2,1-2H3. The van der Waals surface area contributed by atoms with Gasteiger partial charge in [-0.3, -0.25) is 4.79 Å². The van der Waals surface area contributed by atoms with Crippen molar-refractivity contribution >= 4 is 5.78 Å². The smallest absolute Gasteiger partial charge is 0.166 e. The SMILES string of the molecule is CC(C)c1nccn1CC(O)COc1ccccc1C(=O)CCc1ccc(F)cc1. The number of halogens is 1. The van der Waals surface area contributed by atoms with Gasteiger partial charge >= 0.3 is 0 Å². The molecule has 0 bridgehead atoms. The zero-order chi connectivity index (χ0) is 21.5. The van der Waals surface area contributed by atoms with E-state index in [0.717, 1.165) is 11.4 Å². The van der Waals surface area contributed by atoms with Crippen molar-refractivity contribution in [2.24, 2.45) is 0 Å². The summed E-state index contributed by atoms with van der Waals surface area (Å²) in [6.45, 7) is 4.54. The zero-order valence-corrected chi connectivity index (χ0v) is 17.3. The number of Topliss-reactive ketones (excluding diaryl/α,β-unsaturated/α-hetero) is 1. The van der Waals surface area contributed by atoms with E-state index in [4.69, 9.17) is 4.74 Å². The van der Waals surface area contributed by atoms with Gasteiger partial charge in [0, 0.05) is 24.7 Å². The maximum absolute atomic E-state index is 13.0. The number of rotatable bonds is 10. The van der Waals surface area contributed by atoms with Gasteiger partial charge in [-0.05, 0) is 36.2 Å². The molecule has 3 aromatic rings. The van der Waals surface area contributed by atoms with Crippen LogP contribution in [0.4, 0.5) is 4.39 Å². The van der Waals surface area contributed by atoms with Crippen molar-refractivity contribution in [3.63, 3.8) is 0 Å². The molecule has 0 aliphatic heterocycles. The highest BCUT2D eigenvalue weighted by Gasteiger charge is 2.15. The quantitative estimate of drug-likeness (QED) is 0.503. The first-order valence-electron chi connectivity index (χ1n) is 10.1. The maximum Gasteiger partial charge on any atom is 0.166 e. The van der Waals surface area contributed by atoms with Crippen LogP contribution in [0.3, 0.4) is 0 Å². The molecule has 0 saturated carbocycles. The highest BCUT2D eigenvalue weighted by molar-refractivity contribution is 5.98. The number of imidazole rings is 1. The van der Waals surface area contributed by atoms with Crippen LogP contribution in [-0.4, -0.2) is 33.2 Å². The number of aliphatic hydroxyl groups is 1. The number of ketones is 1. The number of benzene rings is 2. The summed E-state index contributed by atoms with van der Waals surface area (Å²) in [6.07, 6.45) is 3.64. The van der Waals surface area contributed by atoms with E-state index in [0.29, 0.717) is 30.7 Å². The lowest BCUT2D eigenvalue weighted by Gasteiger charge is -2.17. The van der Waals surface area contributed by atoms with Gasteiger partial charge in [0.05, 0.1) is 12.1 Å². The third-order valence-electron chi connectivity index (χ3n) is 4.84. The Kier molecular flexibility index (Phi) is 7.36. The molecule has 0 radical (unpaired) electrons. The monoisotopic (exact) mass is 410 g/mol. The summed E-state index contributed by atoms with van der Waals surface area (Å²) in [5, 5.41) is 10.4. The van der Waals surface area contributed by atoms with Crippen LogP contribution in [-0.2, 0) is 13.0 Å². The molecule has 1 aromatic heterocycles. The van der Waals surface area contributed by atoms with Gasteiger partial charge in [0.1, 0.15) is 30.1 Å². The number of aliphatic hydroxyl groups excluding tert-OH is 1. The van der Waals surface area contributed by atoms with Crippen molar-refractivity contribution in [1.29, 1.82) is 0 Å². The van der Waals surface area contributed by atoms with Crippen LogP contribution in [0.15, 0.2) is 60.9 Å². The van der Waals surface area contributed by atoms with E-state index < -0.39 is 6.10 Å². The Morgan fingerprint density at radius 1 is 1.17 bits per heavy atom. The molecule has 1 atom stereocenters. The normalized spacial score (nSPS) is 12.2. The Bertz CT molecular complexity index is 967. The molecule has 0 amide bonds. The van der Waals surface area contributed by atoms with Gasteiger partial charge in [0.2, 0.25) is 0 Å². The lowest BCUT2D eigenvalue weighted by Crippen LogP contribution is -2.25. The van der Waals surface area contributed by atoms with Crippen LogP contribution in [0.25, 0.3) is 0 Å². The molecule has 0 spiro atoms. The van der Waals surface area contributed by atoms with Gasteiger partial charge in [0.15, 0.2) is 5.78 Å². The minimum atomic E-state index is -0.737. The molecule has 0 aliphatic carbocycles. The van der Waals surface area contributed by atoms with Crippen molar-refractivity contribution in [3.05, 3.63) is 83.7 Å². The first-order valence-corrected chi connectivity index (χ1v) is 10.1. The summed E-state index contributed by atoms with van der Waals surface area (Å²) in [5.41, 5.74) is 1.39. The van der Waals surface area contributed by atoms with Gasteiger partial charge in [-0.15, -0.1) is 0 Å². The lowest BCUT2D eigenvalue weighted by molar-refractivity contribution is 0.0882. The van der Waals surface area contributed by atoms with E-state index in [1.54, 1.807) is 42.6 Å². The minimum absolute atomic E-state index is 0.0545. The molecule has 2 aromatic carbocycles. The van der Waals surface area contributed by atoms with E-state index in [1.165, 1.54) is 12.1 Å². The molecule has 3 rings (SSSR count). The molecule has 1 N–H and O–H groups in total. The second-order valence-corrected chi connectivity index (χ2v) is 7.60. The van der Waals surface area contributed by atoms with Crippen molar-refractivity contribution in [2.45, 2.75) is 45.3 Å².